The highest BCUT2D eigenvalue weighted by molar-refractivity contribution is 7.89. The summed E-state index contributed by atoms with van der Waals surface area (Å²) in [6.45, 7) is 3.74. The first-order valence-electron chi connectivity index (χ1n) is 8.24. The SMILES string of the molecule is CN1CCC2(CC1)CN(c1ccc(S(N)(=O)=O)cc1C(N)=O)CCO2. The number of ether oxygens (including phenoxy) is 1. The maximum Gasteiger partial charge on any atom is 0.250 e. The Morgan fingerprint density at radius 2 is 1.92 bits per heavy atom. The lowest BCUT2D eigenvalue weighted by Crippen LogP contribution is -2.56. The van der Waals surface area contributed by atoms with Crippen LogP contribution in [-0.4, -0.2) is 64.7 Å². The van der Waals surface area contributed by atoms with E-state index in [0.29, 0.717) is 25.4 Å². The summed E-state index contributed by atoms with van der Waals surface area (Å²) in [5.74, 6) is -0.676. The van der Waals surface area contributed by atoms with Gasteiger partial charge >= 0.3 is 0 Å². The van der Waals surface area contributed by atoms with Crippen LogP contribution < -0.4 is 15.8 Å². The smallest absolute Gasteiger partial charge is 0.250 e. The summed E-state index contributed by atoms with van der Waals surface area (Å²) in [7, 11) is -1.81. The van der Waals surface area contributed by atoms with E-state index in [1.54, 1.807) is 6.07 Å². The molecule has 25 heavy (non-hydrogen) atoms. The molecule has 1 aromatic carbocycles. The molecule has 3 rings (SSSR count). The number of piperidine rings is 1. The predicted molar refractivity (Wildman–Crippen MR) is 94.0 cm³/mol. The molecule has 0 saturated carbocycles. The molecule has 2 fully saturated rings. The van der Waals surface area contributed by atoms with Gasteiger partial charge in [0.15, 0.2) is 0 Å². The zero-order chi connectivity index (χ0) is 18.2. The normalized spacial score (nSPS) is 21.4. The van der Waals surface area contributed by atoms with Crippen LogP contribution in [0.2, 0.25) is 0 Å². The molecule has 0 aromatic heterocycles. The number of primary amides is 1. The van der Waals surface area contributed by atoms with Gasteiger partial charge in [-0.1, -0.05) is 0 Å². The fourth-order valence-corrected chi connectivity index (χ4v) is 4.08. The summed E-state index contributed by atoms with van der Waals surface area (Å²) in [5, 5.41) is 5.16. The number of rotatable bonds is 3. The molecule has 2 aliphatic heterocycles. The molecule has 138 valence electrons. The quantitative estimate of drug-likeness (QED) is 0.758. The number of carbonyl (C=O) groups is 1. The maximum absolute atomic E-state index is 11.9. The van der Waals surface area contributed by atoms with Crippen LogP contribution in [0.3, 0.4) is 0 Å². The van der Waals surface area contributed by atoms with Crippen molar-refractivity contribution in [3.05, 3.63) is 23.8 Å². The van der Waals surface area contributed by atoms with Crippen molar-refractivity contribution in [1.29, 1.82) is 0 Å². The fourth-order valence-electron chi connectivity index (χ4n) is 3.54. The Balaban J connectivity index is 1.91. The summed E-state index contributed by atoms with van der Waals surface area (Å²) >= 11 is 0. The zero-order valence-electron chi connectivity index (χ0n) is 14.3. The second kappa shape index (κ2) is 6.56. The summed E-state index contributed by atoms with van der Waals surface area (Å²) < 4.78 is 29.2. The molecule has 2 aliphatic rings. The molecular formula is C16H24N4O4S. The van der Waals surface area contributed by atoms with E-state index in [0.717, 1.165) is 25.9 Å². The second-order valence-corrected chi connectivity index (χ2v) is 8.41. The Morgan fingerprint density at radius 1 is 1.24 bits per heavy atom. The maximum atomic E-state index is 11.9. The molecule has 4 N–H and O–H groups in total. The lowest BCUT2D eigenvalue weighted by Gasteiger charge is -2.47. The van der Waals surface area contributed by atoms with Crippen LogP contribution in [-0.2, 0) is 14.8 Å². The highest BCUT2D eigenvalue weighted by Crippen LogP contribution is 2.33. The molecule has 0 aliphatic carbocycles. The van der Waals surface area contributed by atoms with E-state index in [1.165, 1.54) is 12.1 Å². The van der Waals surface area contributed by atoms with Gasteiger partial charge in [0.05, 0.1) is 22.7 Å². The summed E-state index contributed by atoms with van der Waals surface area (Å²) in [6.07, 6.45) is 1.84. The van der Waals surface area contributed by atoms with E-state index in [1.807, 2.05) is 0 Å². The minimum atomic E-state index is -3.90. The Labute approximate surface area is 147 Å². The Kier molecular flexibility index (Phi) is 4.76. The first-order chi connectivity index (χ1) is 11.7. The number of nitrogens with zero attached hydrogens (tertiary/aromatic N) is 2. The van der Waals surface area contributed by atoms with Gasteiger partial charge in [-0.2, -0.15) is 0 Å². The monoisotopic (exact) mass is 368 g/mol. The summed E-state index contributed by atoms with van der Waals surface area (Å²) in [6, 6.07) is 4.27. The number of hydrogen-bond acceptors (Lipinski definition) is 6. The van der Waals surface area contributed by atoms with Crippen LogP contribution in [0.1, 0.15) is 23.2 Å². The van der Waals surface area contributed by atoms with Gasteiger partial charge in [0.2, 0.25) is 10.0 Å². The number of hydrogen-bond donors (Lipinski definition) is 2. The molecule has 0 unspecified atom stereocenters. The van der Waals surface area contributed by atoms with Crippen molar-refractivity contribution >= 4 is 21.6 Å². The average Bonchev–Trinajstić information content (AvgIpc) is 2.56. The Hall–Kier alpha value is -1.68. The average molecular weight is 368 g/mol. The second-order valence-electron chi connectivity index (χ2n) is 6.84. The van der Waals surface area contributed by atoms with Crippen molar-refractivity contribution in [2.45, 2.75) is 23.3 Å². The zero-order valence-corrected chi connectivity index (χ0v) is 15.1. The van der Waals surface area contributed by atoms with Gasteiger partial charge in [-0.25, -0.2) is 13.6 Å². The number of benzene rings is 1. The van der Waals surface area contributed by atoms with E-state index in [-0.39, 0.29) is 16.1 Å². The molecule has 1 amide bonds. The topological polar surface area (TPSA) is 119 Å². The first kappa shape index (κ1) is 18.1. The van der Waals surface area contributed by atoms with Crippen molar-refractivity contribution < 1.29 is 17.9 Å². The molecule has 2 saturated heterocycles. The molecule has 0 atom stereocenters. The number of morpholine rings is 1. The van der Waals surface area contributed by atoms with Crippen molar-refractivity contribution in [3.63, 3.8) is 0 Å². The molecule has 1 spiro atoms. The van der Waals surface area contributed by atoms with Gasteiger partial charge in [0.1, 0.15) is 0 Å². The Morgan fingerprint density at radius 3 is 2.52 bits per heavy atom. The molecule has 2 heterocycles. The third kappa shape index (κ3) is 3.79. The molecule has 9 heteroatoms. The lowest BCUT2D eigenvalue weighted by atomic mass is 9.89. The summed E-state index contributed by atoms with van der Waals surface area (Å²) in [5.41, 5.74) is 6.03. The molecular weight excluding hydrogens is 344 g/mol. The number of nitrogens with two attached hydrogens (primary N) is 2. The highest BCUT2D eigenvalue weighted by atomic mass is 32.2. The van der Waals surface area contributed by atoms with Crippen molar-refractivity contribution in [2.75, 3.05) is 44.7 Å². The van der Waals surface area contributed by atoms with E-state index < -0.39 is 15.9 Å². The number of likely N-dealkylation sites (tertiary alicyclic amines) is 1. The van der Waals surface area contributed by atoms with Crippen LogP contribution in [0.15, 0.2) is 23.1 Å². The standard InChI is InChI=1S/C16H24N4O4S/c1-19-6-4-16(5-7-19)11-20(8-9-24-16)14-3-2-12(25(18,22)23)10-13(14)15(17)21/h2-3,10H,4-9,11H2,1H3,(H2,17,21)(H2,18,22,23). The Bertz CT molecular complexity index is 772. The number of carbonyl (C=O) groups excluding carboxylic acids is 1. The third-order valence-electron chi connectivity index (χ3n) is 5.05. The van der Waals surface area contributed by atoms with Crippen molar-refractivity contribution in [3.8, 4) is 0 Å². The number of anilines is 1. The van der Waals surface area contributed by atoms with Crippen molar-refractivity contribution in [1.82, 2.24) is 4.90 Å². The van der Waals surface area contributed by atoms with Crippen LogP contribution in [0.4, 0.5) is 5.69 Å². The minimum absolute atomic E-state index is 0.118. The third-order valence-corrected chi connectivity index (χ3v) is 5.96. The molecule has 8 nitrogen and oxygen atoms in total. The summed E-state index contributed by atoms with van der Waals surface area (Å²) in [4.78, 5) is 16.1. The molecule has 0 radical (unpaired) electrons. The van der Waals surface area contributed by atoms with Gasteiger partial charge in [0, 0.05) is 31.9 Å². The van der Waals surface area contributed by atoms with Crippen molar-refractivity contribution in [2.24, 2.45) is 10.9 Å². The van der Waals surface area contributed by atoms with E-state index in [9.17, 15) is 13.2 Å². The first-order valence-corrected chi connectivity index (χ1v) is 9.79. The fraction of sp³-hybridized carbons (Fsp3) is 0.562. The minimum Gasteiger partial charge on any atom is -0.371 e. The van der Waals surface area contributed by atoms with Gasteiger partial charge in [-0.15, -0.1) is 0 Å². The van der Waals surface area contributed by atoms with Gasteiger partial charge in [0.25, 0.3) is 5.91 Å². The highest BCUT2D eigenvalue weighted by Gasteiger charge is 2.39. The molecule has 0 bridgehead atoms. The van der Waals surface area contributed by atoms with E-state index in [2.05, 4.69) is 16.8 Å². The van der Waals surface area contributed by atoms with Gasteiger partial charge in [-0.3, -0.25) is 4.79 Å². The van der Waals surface area contributed by atoms with E-state index >= 15 is 0 Å². The number of amides is 1. The van der Waals surface area contributed by atoms with Crippen LogP contribution in [0, 0.1) is 0 Å². The van der Waals surface area contributed by atoms with Crippen LogP contribution >= 0.6 is 0 Å². The van der Waals surface area contributed by atoms with Gasteiger partial charge < -0.3 is 20.3 Å². The van der Waals surface area contributed by atoms with E-state index in [4.69, 9.17) is 15.6 Å². The van der Waals surface area contributed by atoms with Crippen LogP contribution in [0.5, 0.6) is 0 Å². The van der Waals surface area contributed by atoms with Crippen LogP contribution in [0.25, 0.3) is 0 Å². The number of sulfonamides is 1. The largest absolute Gasteiger partial charge is 0.371 e. The van der Waals surface area contributed by atoms with Gasteiger partial charge in [-0.05, 0) is 38.1 Å². The lowest BCUT2D eigenvalue weighted by molar-refractivity contribution is -0.0883. The number of primary sulfonamides is 1. The predicted octanol–water partition coefficient (Wildman–Crippen LogP) is -0.266. The molecule has 1 aromatic rings.